The van der Waals surface area contributed by atoms with E-state index >= 15 is 0 Å². The van der Waals surface area contributed by atoms with Gasteiger partial charge in [-0.2, -0.15) is 0 Å². The maximum Gasteiger partial charge on any atom is 0.138 e. The SMILES string of the molecule is CCc1ccc2c(Cl)c(OC)ccc2c1. The first-order valence-electron chi connectivity index (χ1n) is 5.01. The molecule has 2 heteroatoms. The molecule has 0 saturated heterocycles. The summed E-state index contributed by atoms with van der Waals surface area (Å²) < 4.78 is 5.18. The minimum Gasteiger partial charge on any atom is -0.495 e. The van der Waals surface area contributed by atoms with Gasteiger partial charge in [0.25, 0.3) is 0 Å². The topological polar surface area (TPSA) is 9.23 Å². The molecule has 0 aliphatic rings. The van der Waals surface area contributed by atoms with Crippen LogP contribution in [0, 0.1) is 0 Å². The molecule has 2 aromatic rings. The highest BCUT2D eigenvalue weighted by atomic mass is 35.5. The van der Waals surface area contributed by atoms with E-state index in [1.807, 2.05) is 12.1 Å². The van der Waals surface area contributed by atoms with Crippen molar-refractivity contribution in [3.05, 3.63) is 40.9 Å². The monoisotopic (exact) mass is 220 g/mol. The van der Waals surface area contributed by atoms with E-state index in [9.17, 15) is 0 Å². The Bertz CT molecular complexity index is 491. The van der Waals surface area contributed by atoms with Crippen molar-refractivity contribution >= 4 is 22.4 Å². The number of halogens is 1. The average molecular weight is 221 g/mol. The normalized spacial score (nSPS) is 10.6. The first-order valence-corrected chi connectivity index (χ1v) is 5.39. The highest BCUT2D eigenvalue weighted by molar-refractivity contribution is 6.37. The molecule has 0 saturated carbocycles. The van der Waals surface area contributed by atoms with E-state index in [-0.39, 0.29) is 0 Å². The van der Waals surface area contributed by atoms with Crippen LogP contribution in [0.5, 0.6) is 5.75 Å². The van der Waals surface area contributed by atoms with E-state index < -0.39 is 0 Å². The fourth-order valence-electron chi connectivity index (χ4n) is 1.70. The molecule has 0 aliphatic carbocycles. The van der Waals surface area contributed by atoms with Crippen LogP contribution in [-0.2, 0) is 6.42 Å². The number of hydrogen-bond acceptors (Lipinski definition) is 1. The Hall–Kier alpha value is -1.21. The summed E-state index contributed by atoms with van der Waals surface area (Å²) in [6.45, 7) is 2.15. The Kier molecular flexibility index (Phi) is 2.83. The molecule has 0 spiro atoms. The second-order valence-electron chi connectivity index (χ2n) is 3.49. The molecule has 15 heavy (non-hydrogen) atoms. The zero-order chi connectivity index (χ0) is 10.8. The molecule has 1 nitrogen and oxygen atoms in total. The van der Waals surface area contributed by atoms with Gasteiger partial charge >= 0.3 is 0 Å². The van der Waals surface area contributed by atoms with Gasteiger partial charge in [-0.3, -0.25) is 0 Å². The molecule has 0 amide bonds. The molecular weight excluding hydrogens is 208 g/mol. The van der Waals surface area contributed by atoms with Gasteiger partial charge in [0.15, 0.2) is 0 Å². The van der Waals surface area contributed by atoms with Crippen molar-refractivity contribution in [1.29, 1.82) is 0 Å². The van der Waals surface area contributed by atoms with Crippen LogP contribution in [0.25, 0.3) is 10.8 Å². The van der Waals surface area contributed by atoms with E-state index in [2.05, 4.69) is 25.1 Å². The van der Waals surface area contributed by atoms with Gasteiger partial charge < -0.3 is 4.74 Å². The lowest BCUT2D eigenvalue weighted by atomic mass is 10.1. The number of rotatable bonds is 2. The minimum absolute atomic E-state index is 0.692. The van der Waals surface area contributed by atoms with Gasteiger partial charge in [-0.15, -0.1) is 0 Å². The standard InChI is InChI=1S/C13H13ClO/c1-3-9-4-6-11-10(8-9)5-7-12(15-2)13(11)14/h4-8H,3H2,1-2H3. The largest absolute Gasteiger partial charge is 0.495 e. The maximum atomic E-state index is 6.21. The molecule has 0 aliphatic heterocycles. The van der Waals surface area contributed by atoms with Crippen LogP contribution in [0.1, 0.15) is 12.5 Å². The number of methoxy groups -OCH3 is 1. The third kappa shape index (κ3) is 1.80. The van der Waals surface area contributed by atoms with Crippen LogP contribution >= 0.6 is 11.6 Å². The van der Waals surface area contributed by atoms with Crippen molar-refractivity contribution in [3.63, 3.8) is 0 Å². The zero-order valence-electron chi connectivity index (χ0n) is 8.88. The Labute approximate surface area is 94.6 Å². The maximum absolute atomic E-state index is 6.21. The Balaban J connectivity index is 2.68. The summed E-state index contributed by atoms with van der Waals surface area (Å²) in [6, 6.07) is 10.3. The van der Waals surface area contributed by atoms with Gasteiger partial charge in [-0.1, -0.05) is 42.8 Å². The summed E-state index contributed by atoms with van der Waals surface area (Å²) in [4.78, 5) is 0. The molecule has 0 heterocycles. The summed E-state index contributed by atoms with van der Waals surface area (Å²) in [5.41, 5.74) is 1.32. The molecule has 2 aromatic carbocycles. The van der Waals surface area contributed by atoms with E-state index in [0.717, 1.165) is 17.6 Å². The number of ether oxygens (including phenoxy) is 1. The van der Waals surface area contributed by atoms with Crippen molar-refractivity contribution in [2.75, 3.05) is 7.11 Å². The summed E-state index contributed by atoms with van der Waals surface area (Å²) in [6.07, 6.45) is 1.04. The molecule has 0 atom stereocenters. The lowest BCUT2D eigenvalue weighted by Gasteiger charge is -2.07. The van der Waals surface area contributed by atoms with E-state index in [4.69, 9.17) is 16.3 Å². The highest BCUT2D eigenvalue weighted by Crippen LogP contribution is 2.32. The molecule has 0 radical (unpaired) electrons. The average Bonchev–Trinajstić information content (AvgIpc) is 2.29. The summed E-state index contributed by atoms with van der Waals surface area (Å²) >= 11 is 6.21. The number of fused-ring (bicyclic) bond motifs is 1. The van der Waals surface area contributed by atoms with Crippen molar-refractivity contribution in [1.82, 2.24) is 0 Å². The second-order valence-corrected chi connectivity index (χ2v) is 3.87. The number of hydrogen-bond donors (Lipinski definition) is 0. The lowest BCUT2D eigenvalue weighted by Crippen LogP contribution is -1.86. The molecular formula is C13H13ClO. The van der Waals surface area contributed by atoms with E-state index in [0.29, 0.717) is 5.02 Å². The van der Waals surface area contributed by atoms with Crippen LogP contribution < -0.4 is 4.74 Å². The second kappa shape index (κ2) is 4.11. The lowest BCUT2D eigenvalue weighted by molar-refractivity contribution is 0.415. The van der Waals surface area contributed by atoms with Crippen molar-refractivity contribution in [2.45, 2.75) is 13.3 Å². The minimum atomic E-state index is 0.692. The number of benzene rings is 2. The molecule has 0 fully saturated rings. The smallest absolute Gasteiger partial charge is 0.138 e. The first kappa shape index (κ1) is 10.3. The van der Waals surface area contributed by atoms with Crippen LogP contribution in [0.4, 0.5) is 0 Å². The van der Waals surface area contributed by atoms with E-state index in [1.54, 1.807) is 7.11 Å². The summed E-state index contributed by atoms with van der Waals surface area (Å²) in [7, 11) is 1.63. The number of aryl methyl sites for hydroxylation is 1. The first-order chi connectivity index (χ1) is 7.26. The predicted molar refractivity (Wildman–Crippen MR) is 64.9 cm³/mol. The van der Waals surface area contributed by atoms with Gasteiger partial charge in [0.1, 0.15) is 5.75 Å². The van der Waals surface area contributed by atoms with Crippen LogP contribution in [-0.4, -0.2) is 7.11 Å². The van der Waals surface area contributed by atoms with Crippen molar-refractivity contribution in [3.8, 4) is 5.75 Å². The van der Waals surface area contributed by atoms with Gasteiger partial charge in [0, 0.05) is 5.39 Å². The molecule has 0 N–H and O–H groups in total. The van der Waals surface area contributed by atoms with Crippen LogP contribution in [0.3, 0.4) is 0 Å². The van der Waals surface area contributed by atoms with Crippen molar-refractivity contribution in [2.24, 2.45) is 0 Å². The van der Waals surface area contributed by atoms with Gasteiger partial charge in [0.2, 0.25) is 0 Å². The Morgan fingerprint density at radius 3 is 2.67 bits per heavy atom. The highest BCUT2D eigenvalue weighted by Gasteiger charge is 2.05. The fraction of sp³-hybridized carbons (Fsp3) is 0.231. The predicted octanol–water partition coefficient (Wildman–Crippen LogP) is 4.06. The van der Waals surface area contributed by atoms with Crippen molar-refractivity contribution < 1.29 is 4.74 Å². The van der Waals surface area contributed by atoms with Gasteiger partial charge in [0.05, 0.1) is 12.1 Å². The van der Waals surface area contributed by atoms with Crippen LogP contribution in [0.15, 0.2) is 30.3 Å². The third-order valence-corrected chi connectivity index (χ3v) is 3.00. The Morgan fingerprint density at radius 2 is 2.00 bits per heavy atom. The molecule has 0 unspecified atom stereocenters. The third-order valence-electron chi connectivity index (χ3n) is 2.61. The van der Waals surface area contributed by atoms with Gasteiger partial charge in [-0.05, 0) is 23.4 Å². The molecule has 78 valence electrons. The summed E-state index contributed by atoms with van der Waals surface area (Å²) in [5.74, 6) is 0.730. The molecule has 0 aromatic heterocycles. The Morgan fingerprint density at radius 1 is 1.20 bits per heavy atom. The van der Waals surface area contributed by atoms with E-state index in [1.165, 1.54) is 10.9 Å². The van der Waals surface area contributed by atoms with Gasteiger partial charge in [-0.25, -0.2) is 0 Å². The summed E-state index contributed by atoms with van der Waals surface area (Å²) in [5, 5.41) is 2.91. The quantitative estimate of drug-likeness (QED) is 0.742. The molecule has 0 bridgehead atoms. The van der Waals surface area contributed by atoms with Crippen LogP contribution in [0.2, 0.25) is 5.02 Å². The fourth-order valence-corrected chi connectivity index (χ4v) is 2.01. The molecule has 2 rings (SSSR count). The zero-order valence-corrected chi connectivity index (χ0v) is 9.64.